The van der Waals surface area contributed by atoms with E-state index in [0.29, 0.717) is 18.8 Å². The second-order valence-electron chi connectivity index (χ2n) is 9.94. The number of likely N-dealkylation sites (tertiary alicyclic amines) is 1. The first-order chi connectivity index (χ1) is 17.1. The van der Waals surface area contributed by atoms with Crippen LogP contribution in [-0.4, -0.2) is 40.6 Å². The molecule has 1 aliphatic heterocycles. The van der Waals surface area contributed by atoms with Crippen LogP contribution in [-0.2, 0) is 11.2 Å². The Kier molecular flexibility index (Phi) is 7.52. The van der Waals surface area contributed by atoms with Crippen LogP contribution >= 0.6 is 0 Å². The molecule has 1 amide bonds. The summed E-state index contributed by atoms with van der Waals surface area (Å²) in [5, 5.41) is 7.35. The fourth-order valence-corrected chi connectivity index (χ4v) is 4.88. The van der Waals surface area contributed by atoms with Crippen LogP contribution in [0.1, 0.15) is 73.3 Å². The molecule has 1 aromatic heterocycles. The molecule has 2 aromatic carbocycles. The third-order valence-corrected chi connectivity index (χ3v) is 7.12. The Hall–Kier alpha value is -3.06. The smallest absolute Gasteiger partial charge is 0.229 e. The molecule has 0 unspecified atom stereocenters. The number of benzene rings is 2. The van der Waals surface area contributed by atoms with Crippen LogP contribution < -0.4 is 5.32 Å². The molecule has 6 nitrogen and oxygen atoms in total. The van der Waals surface area contributed by atoms with Gasteiger partial charge in [0.2, 0.25) is 11.8 Å². The van der Waals surface area contributed by atoms with Crippen LogP contribution in [0.3, 0.4) is 0 Å². The van der Waals surface area contributed by atoms with Crippen molar-refractivity contribution in [3.05, 3.63) is 83.3 Å². The predicted octanol–water partition coefficient (Wildman–Crippen LogP) is 5.03. The minimum Gasteiger partial charge on any atom is -0.349 e. The summed E-state index contributed by atoms with van der Waals surface area (Å²) in [4.78, 5) is 19.6. The summed E-state index contributed by atoms with van der Waals surface area (Å²) >= 11 is 0. The van der Waals surface area contributed by atoms with Gasteiger partial charge in [-0.3, -0.25) is 4.79 Å². The number of halogens is 1. The third kappa shape index (κ3) is 6.75. The highest BCUT2D eigenvalue weighted by atomic mass is 19.1. The quantitative estimate of drug-likeness (QED) is 0.445. The lowest BCUT2D eigenvalue weighted by Gasteiger charge is -2.31. The molecule has 3 aromatic rings. The van der Waals surface area contributed by atoms with Crippen molar-refractivity contribution in [2.75, 3.05) is 19.6 Å². The maximum atomic E-state index is 13.9. The highest BCUT2D eigenvalue weighted by molar-refractivity contribution is 5.77. The summed E-state index contributed by atoms with van der Waals surface area (Å²) in [5.41, 5.74) is 2.01. The highest BCUT2D eigenvalue weighted by Crippen LogP contribution is 2.33. The Morgan fingerprint density at radius 1 is 1.09 bits per heavy atom. The summed E-state index contributed by atoms with van der Waals surface area (Å²) in [5.74, 6) is 2.08. The number of carbonyl (C=O) groups is 1. The zero-order valence-corrected chi connectivity index (χ0v) is 20.0. The number of nitrogens with zero attached hydrogens (tertiary/aromatic N) is 3. The largest absolute Gasteiger partial charge is 0.349 e. The Bertz CT molecular complexity index is 1110. The van der Waals surface area contributed by atoms with E-state index in [4.69, 9.17) is 4.52 Å². The number of hydrogen-bond acceptors (Lipinski definition) is 5. The fourth-order valence-electron chi connectivity index (χ4n) is 4.88. The fraction of sp³-hybridized carbons (Fsp3) is 0.464. The number of nitrogens with one attached hydrogen (secondary N) is 1. The molecule has 1 saturated heterocycles. The van der Waals surface area contributed by atoms with E-state index >= 15 is 0 Å². The second-order valence-corrected chi connectivity index (χ2v) is 9.94. The van der Waals surface area contributed by atoms with E-state index in [1.165, 1.54) is 17.7 Å². The molecule has 1 N–H and O–H groups in total. The molecule has 1 aliphatic carbocycles. The van der Waals surface area contributed by atoms with Crippen LogP contribution in [0.25, 0.3) is 0 Å². The Morgan fingerprint density at radius 3 is 2.63 bits per heavy atom. The van der Waals surface area contributed by atoms with Gasteiger partial charge in [-0.1, -0.05) is 47.6 Å². The molecule has 0 spiro atoms. The van der Waals surface area contributed by atoms with Crippen LogP contribution in [0.2, 0.25) is 0 Å². The minimum absolute atomic E-state index is 0.0724. The molecule has 5 rings (SSSR count). The predicted molar refractivity (Wildman–Crippen MR) is 131 cm³/mol. The topological polar surface area (TPSA) is 71.3 Å². The van der Waals surface area contributed by atoms with Crippen molar-refractivity contribution < 1.29 is 13.7 Å². The van der Waals surface area contributed by atoms with Crippen molar-refractivity contribution in [2.45, 2.75) is 56.9 Å². The summed E-state index contributed by atoms with van der Waals surface area (Å²) in [6, 6.07) is 16.6. The van der Waals surface area contributed by atoms with Crippen molar-refractivity contribution in [1.82, 2.24) is 20.4 Å². The van der Waals surface area contributed by atoms with Crippen LogP contribution in [0.4, 0.5) is 4.39 Å². The molecule has 35 heavy (non-hydrogen) atoms. The van der Waals surface area contributed by atoms with E-state index in [9.17, 15) is 9.18 Å². The molecule has 7 heteroatoms. The minimum atomic E-state index is -0.268. The molecule has 2 aliphatic rings. The Morgan fingerprint density at radius 2 is 1.89 bits per heavy atom. The molecule has 2 heterocycles. The summed E-state index contributed by atoms with van der Waals surface area (Å²) in [6.45, 7) is 2.72. The first-order valence-electron chi connectivity index (χ1n) is 12.8. The van der Waals surface area contributed by atoms with Gasteiger partial charge in [-0.25, -0.2) is 4.39 Å². The lowest BCUT2D eigenvalue weighted by Crippen LogP contribution is -2.37. The van der Waals surface area contributed by atoms with E-state index in [1.54, 1.807) is 6.07 Å². The normalized spacial score (nSPS) is 17.9. The average Bonchev–Trinajstić information content (AvgIpc) is 3.57. The second kappa shape index (κ2) is 11.1. The number of piperidine rings is 1. The van der Waals surface area contributed by atoms with Gasteiger partial charge in [-0.05, 0) is 74.4 Å². The summed E-state index contributed by atoms with van der Waals surface area (Å²) in [6.07, 6.45) is 6.22. The maximum Gasteiger partial charge on any atom is 0.229 e. The SMILES string of the molecule is O=C(CC1CC1)N[C@@H](CCN1CCC(c2nc(Cc3ccccc3)no2)CC1)c1cccc(F)c1. The number of hydrogen-bond donors (Lipinski definition) is 1. The monoisotopic (exact) mass is 476 g/mol. The van der Waals surface area contributed by atoms with E-state index < -0.39 is 0 Å². The maximum absolute atomic E-state index is 13.9. The van der Waals surface area contributed by atoms with Crippen LogP contribution in [0.15, 0.2) is 59.1 Å². The van der Waals surface area contributed by atoms with Gasteiger partial charge in [-0.2, -0.15) is 4.98 Å². The molecule has 1 saturated carbocycles. The van der Waals surface area contributed by atoms with Gasteiger partial charge in [0, 0.05) is 25.3 Å². The Labute approximate surface area is 205 Å². The first-order valence-corrected chi connectivity index (χ1v) is 12.8. The van der Waals surface area contributed by atoms with Crippen molar-refractivity contribution in [2.24, 2.45) is 5.92 Å². The molecular formula is C28H33FN4O2. The highest BCUT2D eigenvalue weighted by Gasteiger charge is 2.28. The van der Waals surface area contributed by atoms with Gasteiger partial charge in [0.1, 0.15) is 5.82 Å². The van der Waals surface area contributed by atoms with Crippen LogP contribution in [0, 0.1) is 11.7 Å². The molecule has 184 valence electrons. The van der Waals surface area contributed by atoms with E-state index in [-0.39, 0.29) is 23.7 Å². The number of carbonyl (C=O) groups excluding carboxylic acids is 1. The lowest BCUT2D eigenvalue weighted by molar-refractivity contribution is -0.122. The average molecular weight is 477 g/mol. The lowest BCUT2D eigenvalue weighted by atomic mass is 9.96. The van der Waals surface area contributed by atoms with Gasteiger partial charge >= 0.3 is 0 Å². The van der Waals surface area contributed by atoms with Gasteiger partial charge in [0.05, 0.1) is 6.04 Å². The van der Waals surface area contributed by atoms with Crippen molar-refractivity contribution in [1.29, 1.82) is 0 Å². The molecular weight excluding hydrogens is 443 g/mol. The van der Waals surface area contributed by atoms with Gasteiger partial charge in [0.25, 0.3) is 0 Å². The number of aromatic nitrogens is 2. The standard InChI is InChI=1S/C28H33FN4O2/c29-24-8-4-7-23(19-24)25(30-27(34)18-21-9-10-21)13-16-33-14-11-22(12-15-33)28-31-26(32-35-28)17-20-5-2-1-3-6-20/h1-8,19,21-22,25H,9-18H2,(H,30,34)/t25-/m0/s1. The van der Waals surface area contributed by atoms with Crippen molar-refractivity contribution in [3.8, 4) is 0 Å². The van der Waals surface area contributed by atoms with Crippen molar-refractivity contribution in [3.63, 3.8) is 0 Å². The molecule has 1 atom stereocenters. The zero-order chi connectivity index (χ0) is 24.0. The third-order valence-electron chi connectivity index (χ3n) is 7.12. The van der Waals surface area contributed by atoms with E-state index in [2.05, 4.69) is 32.5 Å². The van der Waals surface area contributed by atoms with Gasteiger partial charge in [0.15, 0.2) is 5.82 Å². The number of amides is 1. The van der Waals surface area contributed by atoms with Crippen LogP contribution in [0.5, 0.6) is 0 Å². The van der Waals surface area contributed by atoms with E-state index in [1.807, 2.05) is 24.3 Å². The number of rotatable bonds is 10. The van der Waals surface area contributed by atoms with E-state index in [0.717, 1.165) is 69.0 Å². The summed E-state index contributed by atoms with van der Waals surface area (Å²) in [7, 11) is 0. The molecule has 0 radical (unpaired) electrons. The summed E-state index contributed by atoms with van der Waals surface area (Å²) < 4.78 is 19.5. The van der Waals surface area contributed by atoms with Gasteiger partial charge < -0.3 is 14.7 Å². The molecule has 0 bridgehead atoms. The first kappa shape index (κ1) is 23.7. The van der Waals surface area contributed by atoms with Gasteiger partial charge in [-0.15, -0.1) is 0 Å². The zero-order valence-electron chi connectivity index (χ0n) is 20.0. The van der Waals surface area contributed by atoms with Crippen molar-refractivity contribution >= 4 is 5.91 Å². The Balaban J connectivity index is 1.13. The molecule has 2 fully saturated rings.